The second-order valence-corrected chi connectivity index (χ2v) is 6.64. The number of hydrogen-bond acceptors (Lipinski definition) is 4. The third-order valence-corrected chi connectivity index (χ3v) is 4.42. The summed E-state index contributed by atoms with van der Waals surface area (Å²) in [4.78, 5) is 4.50. The van der Waals surface area contributed by atoms with Crippen molar-refractivity contribution in [1.82, 2.24) is 10.6 Å². The van der Waals surface area contributed by atoms with Gasteiger partial charge in [-0.05, 0) is 32.9 Å². The van der Waals surface area contributed by atoms with Crippen LogP contribution in [0.1, 0.15) is 27.2 Å². The van der Waals surface area contributed by atoms with Gasteiger partial charge in [0.25, 0.3) is 0 Å². The van der Waals surface area contributed by atoms with Gasteiger partial charge in [-0.1, -0.05) is 0 Å². The van der Waals surface area contributed by atoms with Crippen molar-refractivity contribution in [3.8, 4) is 0 Å². The van der Waals surface area contributed by atoms with E-state index in [4.69, 9.17) is 4.74 Å². The van der Waals surface area contributed by atoms with Crippen LogP contribution in [0.15, 0.2) is 4.99 Å². The maximum absolute atomic E-state index is 10.3. The number of aliphatic hydroxyl groups is 1. The molecule has 1 fully saturated rings. The molecule has 0 aromatic carbocycles. The number of rotatable bonds is 6. The van der Waals surface area contributed by atoms with E-state index >= 15 is 0 Å². The molecule has 0 amide bonds. The van der Waals surface area contributed by atoms with E-state index in [1.165, 1.54) is 0 Å². The predicted molar refractivity (Wildman–Crippen MR) is 82.0 cm³/mol. The molecule has 1 rings (SSSR count). The van der Waals surface area contributed by atoms with Crippen molar-refractivity contribution in [2.24, 2.45) is 4.99 Å². The number of hydrogen-bond donors (Lipinski definition) is 3. The fourth-order valence-corrected chi connectivity index (χ4v) is 2.95. The Bertz CT molecular complexity index is 302. The first-order valence-corrected chi connectivity index (χ1v) is 7.94. The molecule has 6 heteroatoms. The number of thioether (sulfide) groups is 1. The largest absolute Gasteiger partial charge is 0.387 e. The molecule has 0 spiro atoms. The molecule has 3 N–H and O–H groups in total. The first-order valence-electron chi connectivity index (χ1n) is 6.78. The van der Waals surface area contributed by atoms with Crippen molar-refractivity contribution < 1.29 is 9.84 Å². The van der Waals surface area contributed by atoms with Crippen LogP contribution in [0.3, 0.4) is 0 Å². The molecule has 1 aliphatic heterocycles. The van der Waals surface area contributed by atoms with Crippen LogP contribution in [0.4, 0.5) is 0 Å². The van der Waals surface area contributed by atoms with Crippen molar-refractivity contribution in [3.05, 3.63) is 0 Å². The Morgan fingerprint density at radius 1 is 1.47 bits per heavy atom. The van der Waals surface area contributed by atoms with E-state index in [1.807, 2.05) is 20.8 Å². The molecule has 1 heterocycles. The minimum atomic E-state index is -0.600. The molecule has 5 nitrogen and oxygen atoms in total. The predicted octanol–water partition coefficient (Wildman–Crippen LogP) is 0.835. The number of nitrogens with one attached hydrogen (secondary N) is 2. The highest BCUT2D eigenvalue weighted by Crippen LogP contribution is 2.26. The normalized spacial score (nSPS) is 24.6. The van der Waals surface area contributed by atoms with Crippen LogP contribution in [0.25, 0.3) is 0 Å². The first-order chi connectivity index (χ1) is 8.91. The van der Waals surface area contributed by atoms with Gasteiger partial charge in [-0.25, -0.2) is 0 Å². The average molecular weight is 289 g/mol. The number of aliphatic imine (C=N–C) groups is 1. The smallest absolute Gasteiger partial charge is 0.191 e. The summed E-state index contributed by atoms with van der Waals surface area (Å²) in [7, 11) is 1.69. The van der Waals surface area contributed by atoms with Crippen molar-refractivity contribution >= 4 is 17.7 Å². The Morgan fingerprint density at radius 2 is 2.21 bits per heavy atom. The number of guanidine groups is 1. The van der Waals surface area contributed by atoms with Crippen LogP contribution in [-0.2, 0) is 4.74 Å². The Morgan fingerprint density at radius 3 is 2.74 bits per heavy atom. The summed E-state index contributed by atoms with van der Waals surface area (Å²) in [5, 5.41) is 16.7. The van der Waals surface area contributed by atoms with Gasteiger partial charge in [0, 0.05) is 26.0 Å². The zero-order valence-electron chi connectivity index (χ0n) is 12.5. The van der Waals surface area contributed by atoms with Gasteiger partial charge in [-0.2, -0.15) is 11.8 Å². The molecule has 0 radical (unpaired) electrons. The molecule has 0 bridgehead atoms. The first kappa shape index (κ1) is 16.6. The summed E-state index contributed by atoms with van der Waals surface area (Å²) in [5.74, 6) is 2.56. The lowest BCUT2D eigenvalue weighted by molar-refractivity contribution is 0.0310. The topological polar surface area (TPSA) is 65.9 Å². The highest BCUT2D eigenvalue weighted by atomic mass is 32.2. The van der Waals surface area contributed by atoms with E-state index in [0.717, 1.165) is 30.4 Å². The van der Waals surface area contributed by atoms with E-state index in [1.54, 1.807) is 18.9 Å². The summed E-state index contributed by atoms with van der Waals surface area (Å²) < 4.78 is 5.35. The van der Waals surface area contributed by atoms with Gasteiger partial charge >= 0.3 is 0 Å². The number of nitrogens with zero attached hydrogens (tertiary/aromatic N) is 1. The molecule has 1 aliphatic rings. The van der Waals surface area contributed by atoms with E-state index < -0.39 is 5.60 Å². The van der Waals surface area contributed by atoms with Crippen LogP contribution in [0, 0.1) is 0 Å². The average Bonchev–Trinajstić information content (AvgIpc) is 2.80. The third kappa shape index (κ3) is 6.01. The van der Waals surface area contributed by atoms with E-state index in [-0.39, 0.29) is 5.60 Å². The molecule has 1 saturated heterocycles. The summed E-state index contributed by atoms with van der Waals surface area (Å²) in [6, 6.07) is 0. The van der Waals surface area contributed by atoms with Gasteiger partial charge in [-0.3, -0.25) is 4.99 Å². The van der Waals surface area contributed by atoms with Crippen molar-refractivity contribution in [2.75, 3.05) is 38.2 Å². The fourth-order valence-electron chi connectivity index (χ4n) is 1.66. The molecule has 0 aromatic rings. The molecular weight excluding hydrogens is 262 g/mol. The third-order valence-electron chi connectivity index (χ3n) is 3.18. The van der Waals surface area contributed by atoms with Gasteiger partial charge in [-0.15, -0.1) is 0 Å². The van der Waals surface area contributed by atoms with E-state index in [0.29, 0.717) is 13.1 Å². The molecular formula is C13H27N3O2S. The monoisotopic (exact) mass is 289 g/mol. The number of methoxy groups -OCH3 is 1. The van der Waals surface area contributed by atoms with Gasteiger partial charge in [0.05, 0.1) is 17.7 Å². The SMILES string of the molecule is CCNC(=NCC(C)(C)OC)NCC1(O)CCSC1. The maximum atomic E-state index is 10.3. The minimum absolute atomic E-state index is 0.275. The zero-order valence-corrected chi connectivity index (χ0v) is 13.3. The van der Waals surface area contributed by atoms with Gasteiger partial charge in [0.1, 0.15) is 0 Å². The van der Waals surface area contributed by atoms with Crippen LogP contribution in [0.2, 0.25) is 0 Å². The van der Waals surface area contributed by atoms with E-state index in [2.05, 4.69) is 15.6 Å². The van der Waals surface area contributed by atoms with Crippen LogP contribution >= 0.6 is 11.8 Å². The Balaban J connectivity index is 2.49. The molecule has 112 valence electrons. The van der Waals surface area contributed by atoms with E-state index in [9.17, 15) is 5.11 Å². The zero-order chi connectivity index (χ0) is 14.4. The fraction of sp³-hybridized carbons (Fsp3) is 0.923. The maximum Gasteiger partial charge on any atom is 0.191 e. The second-order valence-electron chi connectivity index (χ2n) is 5.54. The number of ether oxygens (including phenoxy) is 1. The standard InChI is InChI=1S/C13H27N3O2S/c1-5-14-11(15-8-12(2,3)18-4)16-9-13(17)6-7-19-10-13/h17H,5-10H2,1-4H3,(H2,14,15,16). The van der Waals surface area contributed by atoms with Crippen molar-refractivity contribution in [2.45, 2.75) is 38.4 Å². The molecule has 1 unspecified atom stereocenters. The Labute approximate surface area is 120 Å². The summed E-state index contributed by atoms with van der Waals surface area (Å²) in [6.07, 6.45) is 0.841. The Kier molecular flexibility index (Phi) is 6.42. The van der Waals surface area contributed by atoms with Gasteiger partial charge < -0.3 is 20.5 Å². The van der Waals surface area contributed by atoms with Crippen LogP contribution in [0.5, 0.6) is 0 Å². The molecule has 0 saturated carbocycles. The molecule has 0 aromatic heterocycles. The molecule has 19 heavy (non-hydrogen) atoms. The molecule has 1 atom stereocenters. The molecule has 0 aliphatic carbocycles. The lowest BCUT2D eigenvalue weighted by atomic mass is 10.0. The summed E-state index contributed by atoms with van der Waals surface area (Å²) >= 11 is 1.80. The highest BCUT2D eigenvalue weighted by Gasteiger charge is 2.31. The summed E-state index contributed by atoms with van der Waals surface area (Å²) in [6.45, 7) is 7.94. The minimum Gasteiger partial charge on any atom is -0.387 e. The lowest BCUT2D eigenvalue weighted by Gasteiger charge is -2.24. The Hall–Kier alpha value is -0.460. The second kappa shape index (κ2) is 7.36. The van der Waals surface area contributed by atoms with Crippen LogP contribution < -0.4 is 10.6 Å². The quantitative estimate of drug-likeness (QED) is 0.499. The summed E-state index contributed by atoms with van der Waals surface area (Å²) in [5.41, 5.74) is -0.875. The van der Waals surface area contributed by atoms with Gasteiger partial charge in [0.15, 0.2) is 5.96 Å². The van der Waals surface area contributed by atoms with Crippen molar-refractivity contribution in [1.29, 1.82) is 0 Å². The van der Waals surface area contributed by atoms with Crippen LogP contribution in [-0.4, -0.2) is 60.5 Å². The lowest BCUT2D eigenvalue weighted by Crippen LogP contribution is -2.47. The highest BCUT2D eigenvalue weighted by molar-refractivity contribution is 7.99. The van der Waals surface area contributed by atoms with Crippen molar-refractivity contribution in [3.63, 3.8) is 0 Å². The van der Waals surface area contributed by atoms with Gasteiger partial charge in [0.2, 0.25) is 0 Å².